The molecule has 0 aliphatic heterocycles. The standard InChI is InChI=1S/C10H20O2/c1-2-10(12)9-5-3-4-8(6-9)7-11/h8-12H,2-7H2,1H3. The lowest BCUT2D eigenvalue weighted by Crippen LogP contribution is -2.27. The van der Waals surface area contributed by atoms with Crippen molar-refractivity contribution in [3.8, 4) is 0 Å². The van der Waals surface area contributed by atoms with E-state index in [1.54, 1.807) is 0 Å². The van der Waals surface area contributed by atoms with Crippen LogP contribution in [0.2, 0.25) is 0 Å². The van der Waals surface area contributed by atoms with E-state index >= 15 is 0 Å². The van der Waals surface area contributed by atoms with Crippen molar-refractivity contribution in [1.29, 1.82) is 0 Å². The van der Waals surface area contributed by atoms with Crippen LogP contribution in [0.5, 0.6) is 0 Å². The average molecular weight is 172 g/mol. The van der Waals surface area contributed by atoms with Gasteiger partial charge in [0.25, 0.3) is 0 Å². The second kappa shape index (κ2) is 4.83. The van der Waals surface area contributed by atoms with Crippen LogP contribution < -0.4 is 0 Å². The van der Waals surface area contributed by atoms with Crippen molar-refractivity contribution < 1.29 is 10.2 Å². The number of hydrogen-bond acceptors (Lipinski definition) is 2. The Morgan fingerprint density at radius 2 is 2.17 bits per heavy atom. The van der Waals surface area contributed by atoms with E-state index in [9.17, 15) is 5.11 Å². The minimum atomic E-state index is -0.139. The molecule has 0 radical (unpaired) electrons. The van der Waals surface area contributed by atoms with Crippen LogP contribution in [-0.2, 0) is 0 Å². The Morgan fingerprint density at radius 3 is 2.75 bits per heavy atom. The summed E-state index contributed by atoms with van der Waals surface area (Å²) in [6, 6.07) is 0. The Hall–Kier alpha value is -0.0800. The molecule has 0 aromatic heterocycles. The molecule has 1 saturated carbocycles. The van der Waals surface area contributed by atoms with Crippen LogP contribution in [0, 0.1) is 11.8 Å². The highest BCUT2D eigenvalue weighted by Crippen LogP contribution is 2.31. The normalized spacial score (nSPS) is 33.2. The molecule has 72 valence electrons. The Kier molecular flexibility index (Phi) is 4.02. The average Bonchev–Trinajstić information content (AvgIpc) is 2.17. The van der Waals surface area contributed by atoms with Gasteiger partial charge >= 0.3 is 0 Å². The summed E-state index contributed by atoms with van der Waals surface area (Å²) < 4.78 is 0. The van der Waals surface area contributed by atoms with Crippen molar-refractivity contribution in [3.63, 3.8) is 0 Å². The predicted molar refractivity (Wildman–Crippen MR) is 48.8 cm³/mol. The second-order valence-electron chi connectivity index (χ2n) is 3.95. The molecule has 3 unspecified atom stereocenters. The molecule has 2 heteroatoms. The monoisotopic (exact) mass is 172 g/mol. The summed E-state index contributed by atoms with van der Waals surface area (Å²) in [6.07, 6.45) is 5.19. The summed E-state index contributed by atoms with van der Waals surface area (Å²) in [4.78, 5) is 0. The molecule has 1 aliphatic carbocycles. The number of rotatable bonds is 3. The lowest BCUT2D eigenvalue weighted by molar-refractivity contribution is 0.0529. The largest absolute Gasteiger partial charge is 0.396 e. The smallest absolute Gasteiger partial charge is 0.0565 e. The SMILES string of the molecule is CCC(O)C1CCCC(CO)C1. The Morgan fingerprint density at radius 1 is 1.42 bits per heavy atom. The van der Waals surface area contributed by atoms with Gasteiger partial charge in [-0.3, -0.25) is 0 Å². The van der Waals surface area contributed by atoms with E-state index in [0.29, 0.717) is 18.4 Å². The zero-order valence-electron chi connectivity index (χ0n) is 7.87. The molecule has 1 fully saturated rings. The molecule has 0 saturated heterocycles. The fourth-order valence-corrected chi connectivity index (χ4v) is 2.18. The highest BCUT2D eigenvalue weighted by atomic mass is 16.3. The summed E-state index contributed by atoms with van der Waals surface area (Å²) in [5.41, 5.74) is 0. The fraction of sp³-hybridized carbons (Fsp3) is 1.00. The molecule has 12 heavy (non-hydrogen) atoms. The lowest BCUT2D eigenvalue weighted by Gasteiger charge is -2.30. The molecule has 0 aromatic rings. The van der Waals surface area contributed by atoms with Gasteiger partial charge in [0.1, 0.15) is 0 Å². The fourth-order valence-electron chi connectivity index (χ4n) is 2.18. The first-order chi connectivity index (χ1) is 5.77. The number of aliphatic hydroxyl groups excluding tert-OH is 2. The molecule has 1 rings (SSSR count). The van der Waals surface area contributed by atoms with Crippen molar-refractivity contribution in [1.82, 2.24) is 0 Å². The van der Waals surface area contributed by atoms with E-state index in [0.717, 1.165) is 25.7 Å². The van der Waals surface area contributed by atoms with E-state index in [1.165, 1.54) is 6.42 Å². The van der Waals surface area contributed by atoms with Crippen molar-refractivity contribution in [2.45, 2.75) is 45.1 Å². The van der Waals surface area contributed by atoms with Crippen molar-refractivity contribution in [2.24, 2.45) is 11.8 Å². The van der Waals surface area contributed by atoms with Crippen LogP contribution in [-0.4, -0.2) is 22.9 Å². The van der Waals surface area contributed by atoms with Crippen molar-refractivity contribution in [2.75, 3.05) is 6.61 Å². The predicted octanol–water partition coefficient (Wildman–Crippen LogP) is 1.56. The van der Waals surface area contributed by atoms with Gasteiger partial charge in [-0.2, -0.15) is 0 Å². The molecule has 1 aliphatic rings. The van der Waals surface area contributed by atoms with Crippen molar-refractivity contribution >= 4 is 0 Å². The van der Waals surface area contributed by atoms with Gasteiger partial charge in [-0.05, 0) is 37.5 Å². The van der Waals surface area contributed by atoms with E-state index in [-0.39, 0.29) is 6.10 Å². The summed E-state index contributed by atoms with van der Waals surface area (Å²) in [7, 11) is 0. The second-order valence-corrected chi connectivity index (χ2v) is 3.95. The van der Waals surface area contributed by atoms with Crippen molar-refractivity contribution in [3.05, 3.63) is 0 Å². The van der Waals surface area contributed by atoms with E-state index in [4.69, 9.17) is 5.11 Å². The Labute approximate surface area is 74.6 Å². The molecule has 0 aromatic carbocycles. The topological polar surface area (TPSA) is 40.5 Å². The Bertz CT molecular complexity index is 123. The van der Waals surface area contributed by atoms with Gasteiger partial charge in [0.05, 0.1) is 6.10 Å². The molecular weight excluding hydrogens is 152 g/mol. The van der Waals surface area contributed by atoms with E-state index < -0.39 is 0 Å². The minimum Gasteiger partial charge on any atom is -0.396 e. The minimum absolute atomic E-state index is 0.139. The first-order valence-corrected chi connectivity index (χ1v) is 5.06. The maximum atomic E-state index is 9.61. The Balaban J connectivity index is 2.34. The summed E-state index contributed by atoms with van der Waals surface area (Å²) in [6.45, 7) is 2.32. The van der Waals surface area contributed by atoms with Crippen LogP contribution in [0.3, 0.4) is 0 Å². The van der Waals surface area contributed by atoms with Gasteiger partial charge < -0.3 is 10.2 Å². The molecule has 3 atom stereocenters. The zero-order valence-corrected chi connectivity index (χ0v) is 7.87. The van der Waals surface area contributed by atoms with Gasteiger partial charge in [0, 0.05) is 6.61 Å². The molecule has 0 heterocycles. The van der Waals surface area contributed by atoms with Crippen LogP contribution in [0.1, 0.15) is 39.0 Å². The quantitative estimate of drug-likeness (QED) is 0.678. The molecule has 2 nitrogen and oxygen atoms in total. The summed E-state index contributed by atoms with van der Waals surface area (Å²) >= 11 is 0. The number of hydrogen-bond donors (Lipinski definition) is 2. The third-order valence-corrected chi connectivity index (χ3v) is 3.04. The van der Waals surface area contributed by atoms with Crippen LogP contribution in [0.15, 0.2) is 0 Å². The van der Waals surface area contributed by atoms with Crippen LogP contribution in [0.25, 0.3) is 0 Å². The first kappa shape index (κ1) is 10.0. The molecular formula is C10H20O2. The van der Waals surface area contributed by atoms with Gasteiger partial charge in [-0.15, -0.1) is 0 Å². The maximum Gasteiger partial charge on any atom is 0.0565 e. The van der Waals surface area contributed by atoms with Gasteiger partial charge in [-0.25, -0.2) is 0 Å². The van der Waals surface area contributed by atoms with E-state index in [1.807, 2.05) is 6.92 Å². The maximum absolute atomic E-state index is 9.61. The third kappa shape index (κ3) is 2.46. The molecule has 2 N–H and O–H groups in total. The highest BCUT2D eigenvalue weighted by molar-refractivity contribution is 4.76. The lowest BCUT2D eigenvalue weighted by atomic mass is 9.78. The molecule has 0 spiro atoms. The van der Waals surface area contributed by atoms with E-state index in [2.05, 4.69) is 0 Å². The van der Waals surface area contributed by atoms with Gasteiger partial charge in [0.15, 0.2) is 0 Å². The zero-order chi connectivity index (χ0) is 8.97. The first-order valence-electron chi connectivity index (χ1n) is 5.06. The summed E-state index contributed by atoms with van der Waals surface area (Å²) in [5, 5.41) is 18.6. The third-order valence-electron chi connectivity index (χ3n) is 3.04. The number of aliphatic hydroxyl groups is 2. The molecule has 0 amide bonds. The summed E-state index contributed by atoms with van der Waals surface area (Å²) in [5.74, 6) is 0.894. The van der Waals surface area contributed by atoms with Gasteiger partial charge in [0.2, 0.25) is 0 Å². The van der Waals surface area contributed by atoms with Crippen LogP contribution >= 0.6 is 0 Å². The van der Waals surface area contributed by atoms with Gasteiger partial charge in [-0.1, -0.05) is 13.3 Å². The highest BCUT2D eigenvalue weighted by Gasteiger charge is 2.25. The molecule has 0 bridgehead atoms. The van der Waals surface area contributed by atoms with Crippen LogP contribution in [0.4, 0.5) is 0 Å².